The molecule has 0 bridgehead atoms. The third-order valence-electron chi connectivity index (χ3n) is 2.44. The number of amides is 1. The first-order valence-corrected chi connectivity index (χ1v) is 6.34. The van der Waals surface area contributed by atoms with E-state index < -0.39 is 5.91 Å². The van der Waals surface area contributed by atoms with Crippen LogP contribution in [0, 0.1) is 13.8 Å². The number of carbonyl (C=O) groups is 1. The smallest absolute Gasteiger partial charge is 0.227 e. The van der Waals surface area contributed by atoms with Gasteiger partial charge in [0.2, 0.25) is 11.1 Å². The molecule has 0 atom stereocenters. The molecule has 7 heteroatoms. The van der Waals surface area contributed by atoms with Crippen molar-refractivity contribution in [3.63, 3.8) is 0 Å². The molecule has 0 fully saturated rings. The zero-order valence-electron chi connectivity index (χ0n) is 10.1. The lowest BCUT2D eigenvalue weighted by Crippen LogP contribution is -2.14. The highest BCUT2D eigenvalue weighted by Crippen LogP contribution is 2.22. The van der Waals surface area contributed by atoms with E-state index >= 15 is 0 Å². The van der Waals surface area contributed by atoms with E-state index in [0.29, 0.717) is 5.16 Å². The topological polar surface area (TPSA) is 86.7 Å². The van der Waals surface area contributed by atoms with Gasteiger partial charge in [-0.1, -0.05) is 30.0 Å². The summed E-state index contributed by atoms with van der Waals surface area (Å²) in [6, 6.07) is 5.97. The van der Waals surface area contributed by atoms with Crippen LogP contribution in [0.2, 0.25) is 0 Å². The second-order valence-electron chi connectivity index (χ2n) is 3.87. The second-order valence-corrected chi connectivity index (χ2v) is 4.81. The Morgan fingerprint density at radius 1 is 1.39 bits per heavy atom. The summed E-state index contributed by atoms with van der Waals surface area (Å²) in [4.78, 5) is 10.8. The minimum atomic E-state index is -0.393. The van der Waals surface area contributed by atoms with E-state index in [2.05, 4.69) is 15.5 Å². The molecule has 94 valence electrons. The molecular weight excluding hydrogens is 250 g/mol. The maximum Gasteiger partial charge on any atom is 0.227 e. The van der Waals surface area contributed by atoms with Gasteiger partial charge < -0.3 is 5.73 Å². The van der Waals surface area contributed by atoms with E-state index in [1.807, 2.05) is 32.0 Å². The molecule has 0 radical (unpaired) electrons. The van der Waals surface area contributed by atoms with Gasteiger partial charge in [0.1, 0.15) is 0 Å². The molecule has 1 heterocycles. The van der Waals surface area contributed by atoms with Gasteiger partial charge in [-0.3, -0.25) is 4.79 Å². The first-order chi connectivity index (χ1) is 8.59. The highest BCUT2D eigenvalue weighted by Gasteiger charge is 2.13. The minimum Gasteiger partial charge on any atom is -0.369 e. The number of rotatable bonds is 4. The molecule has 6 nitrogen and oxygen atoms in total. The highest BCUT2D eigenvalue weighted by molar-refractivity contribution is 7.99. The van der Waals surface area contributed by atoms with E-state index in [4.69, 9.17) is 5.73 Å². The van der Waals surface area contributed by atoms with E-state index in [1.54, 1.807) is 4.68 Å². The van der Waals surface area contributed by atoms with Gasteiger partial charge in [0.05, 0.1) is 11.4 Å². The Hall–Kier alpha value is -1.89. The number of hydrogen-bond acceptors (Lipinski definition) is 5. The summed E-state index contributed by atoms with van der Waals surface area (Å²) >= 11 is 1.23. The van der Waals surface area contributed by atoms with Crippen molar-refractivity contribution in [1.82, 2.24) is 20.2 Å². The zero-order chi connectivity index (χ0) is 13.1. The normalized spacial score (nSPS) is 10.6. The Balaban J connectivity index is 2.39. The van der Waals surface area contributed by atoms with Gasteiger partial charge in [0, 0.05) is 0 Å². The Labute approximate surface area is 109 Å². The third kappa shape index (κ3) is 2.51. The Bertz CT molecular complexity index is 560. The van der Waals surface area contributed by atoms with Crippen molar-refractivity contribution in [3.05, 3.63) is 29.3 Å². The van der Waals surface area contributed by atoms with Crippen LogP contribution >= 0.6 is 11.8 Å². The van der Waals surface area contributed by atoms with E-state index in [1.165, 1.54) is 11.8 Å². The van der Waals surface area contributed by atoms with Gasteiger partial charge in [-0.2, -0.15) is 4.68 Å². The molecule has 1 aromatic heterocycles. The number of para-hydroxylation sites is 1. The van der Waals surface area contributed by atoms with Crippen molar-refractivity contribution in [2.24, 2.45) is 5.73 Å². The number of nitrogens with two attached hydrogens (primary N) is 1. The molecule has 0 unspecified atom stereocenters. The lowest BCUT2D eigenvalue weighted by atomic mass is 10.1. The fourth-order valence-corrected chi connectivity index (χ4v) is 2.30. The lowest BCUT2D eigenvalue weighted by Gasteiger charge is -2.09. The summed E-state index contributed by atoms with van der Waals surface area (Å²) in [5.41, 5.74) is 8.20. The number of thioether (sulfide) groups is 1. The maximum atomic E-state index is 10.8. The number of primary amides is 1. The highest BCUT2D eigenvalue weighted by atomic mass is 32.2. The zero-order valence-corrected chi connectivity index (χ0v) is 10.9. The quantitative estimate of drug-likeness (QED) is 0.827. The predicted octanol–water partition coefficient (Wildman–Crippen LogP) is 0.857. The van der Waals surface area contributed by atoms with Crippen molar-refractivity contribution >= 4 is 17.7 Å². The molecule has 0 saturated carbocycles. The molecule has 2 aromatic rings. The Kier molecular flexibility index (Phi) is 3.61. The molecule has 0 saturated heterocycles. The first kappa shape index (κ1) is 12.6. The predicted molar refractivity (Wildman–Crippen MR) is 68.5 cm³/mol. The van der Waals surface area contributed by atoms with Crippen LogP contribution in [0.1, 0.15) is 11.1 Å². The van der Waals surface area contributed by atoms with Crippen LogP contribution in [0.4, 0.5) is 0 Å². The minimum absolute atomic E-state index is 0.158. The van der Waals surface area contributed by atoms with Crippen LogP contribution in [-0.4, -0.2) is 31.9 Å². The Morgan fingerprint density at radius 2 is 2.06 bits per heavy atom. The molecular formula is C11H13N5OS. The molecule has 0 spiro atoms. The number of aryl methyl sites for hydroxylation is 2. The summed E-state index contributed by atoms with van der Waals surface area (Å²) in [6.07, 6.45) is 0. The van der Waals surface area contributed by atoms with Crippen molar-refractivity contribution < 1.29 is 4.79 Å². The summed E-state index contributed by atoms with van der Waals surface area (Å²) in [7, 11) is 0. The van der Waals surface area contributed by atoms with Crippen molar-refractivity contribution in [3.8, 4) is 5.69 Å². The van der Waals surface area contributed by atoms with Crippen LogP contribution in [0.25, 0.3) is 5.69 Å². The number of tetrazole rings is 1. The lowest BCUT2D eigenvalue weighted by molar-refractivity contribution is -0.115. The monoisotopic (exact) mass is 263 g/mol. The summed E-state index contributed by atoms with van der Waals surface area (Å²) < 4.78 is 1.64. The van der Waals surface area contributed by atoms with E-state index in [-0.39, 0.29) is 5.75 Å². The number of benzene rings is 1. The number of nitrogens with zero attached hydrogens (tertiary/aromatic N) is 4. The van der Waals surface area contributed by atoms with E-state index in [9.17, 15) is 4.79 Å². The van der Waals surface area contributed by atoms with E-state index in [0.717, 1.165) is 16.8 Å². The van der Waals surface area contributed by atoms with Gasteiger partial charge in [0.25, 0.3) is 0 Å². The van der Waals surface area contributed by atoms with Crippen LogP contribution in [0.3, 0.4) is 0 Å². The summed E-state index contributed by atoms with van der Waals surface area (Å²) in [5.74, 6) is -0.235. The fourth-order valence-electron chi connectivity index (χ4n) is 1.68. The van der Waals surface area contributed by atoms with Crippen LogP contribution < -0.4 is 5.73 Å². The van der Waals surface area contributed by atoms with Gasteiger partial charge >= 0.3 is 0 Å². The van der Waals surface area contributed by atoms with Gasteiger partial charge in [0.15, 0.2) is 0 Å². The Morgan fingerprint density at radius 3 is 2.67 bits per heavy atom. The largest absolute Gasteiger partial charge is 0.369 e. The van der Waals surface area contributed by atoms with Crippen molar-refractivity contribution in [2.75, 3.05) is 5.75 Å². The average Bonchev–Trinajstić information content (AvgIpc) is 2.74. The molecule has 18 heavy (non-hydrogen) atoms. The molecule has 2 rings (SSSR count). The average molecular weight is 263 g/mol. The first-order valence-electron chi connectivity index (χ1n) is 5.35. The third-order valence-corrected chi connectivity index (χ3v) is 3.38. The standard InChI is InChI=1S/C11H13N5OS/c1-7-4-3-5-8(2)10(7)16-11(13-14-15-16)18-6-9(12)17/h3-5H,6H2,1-2H3,(H2,12,17). The van der Waals surface area contributed by atoms with Gasteiger partial charge in [-0.15, -0.1) is 5.10 Å². The van der Waals surface area contributed by atoms with Gasteiger partial charge in [-0.05, 0) is 35.4 Å². The van der Waals surface area contributed by atoms with Crippen LogP contribution in [-0.2, 0) is 4.79 Å². The molecule has 0 aliphatic heterocycles. The summed E-state index contributed by atoms with van der Waals surface area (Å²) in [5, 5.41) is 12.1. The molecule has 1 aromatic carbocycles. The molecule has 0 aliphatic carbocycles. The fraction of sp³-hybridized carbons (Fsp3) is 0.273. The molecule has 1 amide bonds. The summed E-state index contributed by atoms with van der Waals surface area (Å²) in [6.45, 7) is 3.99. The molecule has 0 aliphatic rings. The maximum absolute atomic E-state index is 10.8. The van der Waals surface area contributed by atoms with Crippen LogP contribution in [0.5, 0.6) is 0 Å². The van der Waals surface area contributed by atoms with Crippen molar-refractivity contribution in [2.45, 2.75) is 19.0 Å². The number of hydrogen-bond donors (Lipinski definition) is 1. The molecule has 2 N–H and O–H groups in total. The van der Waals surface area contributed by atoms with Crippen molar-refractivity contribution in [1.29, 1.82) is 0 Å². The SMILES string of the molecule is Cc1cccc(C)c1-n1nnnc1SCC(N)=O. The number of carbonyl (C=O) groups excluding carboxylic acids is 1. The van der Waals surface area contributed by atoms with Crippen LogP contribution in [0.15, 0.2) is 23.4 Å². The second kappa shape index (κ2) is 5.18. The van der Waals surface area contributed by atoms with Gasteiger partial charge in [-0.25, -0.2) is 0 Å². The number of aromatic nitrogens is 4.